The summed E-state index contributed by atoms with van der Waals surface area (Å²) < 4.78 is 0. The standard InChI is InChI=1S/C24H30N4OS/c29-24(25-16-13-19-7-3-1-4-8-19)20-14-17-28(18-15-20)22-11-12-23(27-26-22)30-21-9-5-2-6-10-21/h2,5-7,9-12,20H,1,3-4,8,13-18H2,(H,25,29). The van der Waals surface area contributed by atoms with Gasteiger partial charge in [-0.2, -0.15) is 0 Å². The van der Waals surface area contributed by atoms with Crippen molar-refractivity contribution in [2.75, 3.05) is 24.5 Å². The fraction of sp³-hybridized carbons (Fsp3) is 0.458. The van der Waals surface area contributed by atoms with Gasteiger partial charge >= 0.3 is 0 Å². The number of piperidine rings is 1. The number of allylic oxidation sites excluding steroid dienone is 1. The van der Waals surface area contributed by atoms with Crippen LogP contribution in [-0.2, 0) is 4.79 Å². The summed E-state index contributed by atoms with van der Waals surface area (Å²) in [5.74, 6) is 1.23. The van der Waals surface area contributed by atoms with Gasteiger partial charge < -0.3 is 10.2 Å². The van der Waals surface area contributed by atoms with Gasteiger partial charge in [-0.15, -0.1) is 10.2 Å². The number of nitrogens with zero attached hydrogens (tertiary/aromatic N) is 3. The van der Waals surface area contributed by atoms with Crippen molar-refractivity contribution in [1.82, 2.24) is 15.5 Å². The number of carbonyl (C=O) groups is 1. The largest absolute Gasteiger partial charge is 0.356 e. The lowest BCUT2D eigenvalue weighted by atomic mass is 9.95. The molecule has 2 aromatic rings. The first kappa shape index (κ1) is 20.9. The highest BCUT2D eigenvalue weighted by molar-refractivity contribution is 7.99. The summed E-state index contributed by atoms with van der Waals surface area (Å²) in [7, 11) is 0. The van der Waals surface area contributed by atoms with Gasteiger partial charge in [0.05, 0.1) is 0 Å². The molecule has 1 aliphatic heterocycles. The zero-order chi connectivity index (χ0) is 20.6. The van der Waals surface area contributed by atoms with E-state index in [9.17, 15) is 4.79 Å². The lowest BCUT2D eigenvalue weighted by Gasteiger charge is -2.31. The molecular weight excluding hydrogens is 392 g/mol. The summed E-state index contributed by atoms with van der Waals surface area (Å²) in [6.45, 7) is 2.48. The summed E-state index contributed by atoms with van der Waals surface area (Å²) in [4.78, 5) is 15.9. The Kier molecular flexibility index (Phi) is 7.40. The van der Waals surface area contributed by atoms with E-state index < -0.39 is 0 Å². The van der Waals surface area contributed by atoms with Crippen LogP contribution in [-0.4, -0.2) is 35.7 Å². The minimum absolute atomic E-state index is 0.113. The van der Waals surface area contributed by atoms with Crippen molar-refractivity contribution in [3.8, 4) is 0 Å². The number of amides is 1. The molecule has 158 valence electrons. The predicted molar refractivity (Wildman–Crippen MR) is 122 cm³/mol. The molecule has 30 heavy (non-hydrogen) atoms. The smallest absolute Gasteiger partial charge is 0.223 e. The Morgan fingerprint density at radius 2 is 1.90 bits per heavy atom. The van der Waals surface area contributed by atoms with Crippen LogP contribution in [0, 0.1) is 5.92 Å². The lowest BCUT2D eigenvalue weighted by Crippen LogP contribution is -2.41. The summed E-state index contributed by atoms with van der Waals surface area (Å²) >= 11 is 1.62. The van der Waals surface area contributed by atoms with Crippen molar-refractivity contribution in [3.05, 3.63) is 54.1 Å². The number of hydrogen-bond acceptors (Lipinski definition) is 5. The summed E-state index contributed by atoms with van der Waals surface area (Å²) in [6.07, 6.45) is 10.1. The second-order valence-corrected chi connectivity index (χ2v) is 9.15. The molecule has 0 unspecified atom stereocenters. The monoisotopic (exact) mass is 422 g/mol. The van der Waals surface area contributed by atoms with Crippen LogP contribution < -0.4 is 10.2 Å². The van der Waals surface area contributed by atoms with E-state index in [2.05, 4.69) is 38.6 Å². The van der Waals surface area contributed by atoms with Crippen molar-refractivity contribution in [3.63, 3.8) is 0 Å². The van der Waals surface area contributed by atoms with E-state index in [4.69, 9.17) is 0 Å². The maximum Gasteiger partial charge on any atom is 0.223 e. The first-order chi connectivity index (χ1) is 14.8. The second-order valence-electron chi connectivity index (χ2n) is 8.06. The Morgan fingerprint density at radius 1 is 1.07 bits per heavy atom. The van der Waals surface area contributed by atoms with Gasteiger partial charge in [-0.1, -0.05) is 41.6 Å². The van der Waals surface area contributed by atoms with Gasteiger partial charge in [-0.25, -0.2) is 0 Å². The highest BCUT2D eigenvalue weighted by Crippen LogP contribution is 2.27. The molecular formula is C24H30N4OS. The van der Waals surface area contributed by atoms with Crippen LogP contribution in [0.15, 0.2) is 64.0 Å². The average molecular weight is 423 g/mol. The lowest BCUT2D eigenvalue weighted by molar-refractivity contribution is -0.125. The molecule has 0 radical (unpaired) electrons. The molecule has 1 aromatic carbocycles. The molecule has 0 spiro atoms. The fourth-order valence-corrected chi connectivity index (χ4v) is 4.89. The Balaban J connectivity index is 1.21. The molecule has 1 N–H and O–H groups in total. The number of anilines is 1. The molecule has 1 amide bonds. The third kappa shape index (κ3) is 5.85. The molecule has 4 rings (SSSR count). The van der Waals surface area contributed by atoms with Crippen molar-refractivity contribution in [2.45, 2.75) is 54.9 Å². The quantitative estimate of drug-likeness (QED) is 0.646. The number of aromatic nitrogens is 2. The summed E-state index contributed by atoms with van der Waals surface area (Å²) in [5.41, 5.74) is 1.52. The molecule has 1 fully saturated rings. The summed E-state index contributed by atoms with van der Waals surface area (Å²) in [5, 5.41) is 12.8. The van der Waals surface area contributed by atoms with E-state index in [-0.39, 0.29) is 11.8 Å². The van der Waals surface area contributed by atoms with Gasteiger partial charge in [0.25, 0.3) is 0 Å². The van der Waals surface area contributed by atoms with E-state index >= 15 is 0 Å². The number of benzene rings is 1. The van der Waals surface area contributed by atoms with Crippen LogP contribution >= 0.6 is 11.8 Å². The maximum absolute atomic E-state index is 12.5. The predicted octanol–water partition coefficient (Wildman–Crippen LogP) is 4.85. The Bertz CT molecular complexity index is 845. The van der Waals surface area contributed by atoms with Gasteiger partial charge in [0, 0.05) is 30.4 Å². The number of rotatable bonds is 7. The van der Waals surface area contributed by atoms with Gasteiger partial charge in [0.1, 0.15) is 5.03 Å². The minimum atomic E-state index is 0.113. The first-order valence-electron chi connectivity index (χ1n) is 11.0. The third-order valence-corrected chi connectivity index (χ3v) is 6.85. The molecule has 5 nitrogen and oxygen atoms in total. The fourth-order valence-electron chi connectivity index (χ4n) is 4.14. The van der Waals surface area contributed by atoms with Crippen molar-refractivity contribution in [2.24, 2.45) is 5.92 Å². The van der Waals surface area contributed by atoms with Crippen molar-refractivity contribution < 1.29 is 4.79 Å². The van der Waals surface area contributed by atoms with E-state index in [1.54, 1.807) is 11.8 Å². The maximum atomic E-state index is 12.5. The zero-order valence-corrected chi connectivity index (χ0v) is 18.2. The normalized spacial score (nSPS) is 17.5. The molecule has 0 atom stereocenters. The van der Waals surface area contributed by atoms with Crippen LogP contribution in [0.25, 0.3) is 0 Å². The van der Waals surface area contributed by atoms with E-state index in [0.717, 1.165) is 54.6 Å². The van der Waals surface area contributed by atoms with E-state index in [0.29, 0.717) is 0 Å². The third-order valence-electron chi connectivity index (χ3n) is 5.91. The van der Waals surface area contributed by atoms with E-state index in [1.807, 2.05) is 30.3 Å². The molecule has 6 heteroatoms. The Morgan fingerprint density at radius 3 is 2.60 bits per heavy atom. The highest BCUT2D eigenvalue weighted by Gasteiger charge is 2.25. The molecule has 0 bridgehead atoms. The number of hydrogen-bond donors (Lipinski definition) is 1. The molecule has 0 saturated carbocycles. The average Bonchev–Trinajstić information content (AvgIpc) is 2.81. The molecule has 1 aromatic heterocycles. The van der Waals surface area contributed by atoms with Gasteiger partial charge in [0.2, 0.25) is 5.91 Å². The summed E-state index contributed by atoms with van der Waals surface area (Å²) in [6, 6.07) is 14.3. The van der Waals surface area contributed by atoms with Crippen molar-refractivity contribution >= 4 is 23.5 Å². The van der Waals surface area contributed by atoms with Crippen LogP contribution in [0.2, 0.25) is 0 Å². The molecule has 1 saturated heterocycles. The van der Waals surface area contributed by atoms with Crippen molar-refractivity contribution in [1.29, 1.82) is 0 Å². The van der Waals surface area contributed by atoms with Gasteiger partial charge in [0.15, 0.2) is 5.82 Å². The second kappa shape index (κ2) is 10.6. The Hall–Kier alpha value is -2.34. The molecule has 2 aliphatic rings. The van der Waals surface area contributed by atoms with Crippen LogP contribution in [0.1, 0.15) is 44.9 Å². The molecule has 2 heterocycles. The number of nitrogens with one attached hydrogen (secondary N) is 1. The van der Waals surface area contributed by atoms with Gasteiger partial charge in [-0.05, 0) is 69.2 Å². The topological polar surface area (TPSA) is 58.1 Å². The van der Waals surface area contributed by atoms with Crippen LogP contribution in [0.3, 0.4) is 0 Å². The van der Waals surface area contributed by atoms with Crippen LogP contribution in [0.4, 0.5) is 5.82 Å². The first-order valence-corrected chi connectivity index (χ1v) is 11.9. The molecule has 1 aliphatic carbocycles. The van der Waals surface area contributed by atoms with E-state index in [1.165, 1.54) is 31.3 Å². The SMILES string of the molecule is O=C(NCCC1=CCCCC1)C1CCN(c2ccc(Sc3ccccc3)nn2)CC1. The Labute approximate surface area is 183 Å². The zero-order valence-electron chi connectivity index (χ0n) is 17.4. The highest BCUT2D eigenvalue weighted by atomic mass is 32.2. The number of carbonyl (C=O) groups excluding carboxylic acids is 1. The van der Waals surface area contributed by atoms with Crippen LogP contribution in [0.5, 0.6) is 0 Å². The minimum Gasteiger partial charge on any atom is -0.356 e. The van der Waals surface area contributed by atoms with Gasteiger partial charge in [-0.3, -0.25) is 4.79 Å².